The molecule has 0 aliphatic heterocycles. The molecule has 0 aromatic heterocycles. The van der Waals surface area contributed by atoms with Gasteiger partial charge in [0.1, 0.15) is 13.2 Å². The molecule has 0 rings (SSSR count). The van der Waals surface area contributed by atoms with Crippen molar-refractivity contribution in [2.24, 2.45) is 0 Å². The highest BCUT2D eigenvalue weighted by molar-refractivity contribution is 7.47. The zero-order valence-electron chi connectivity index (χ0n) is 39.7. The first kappa shape index (κ1) is 58.2. The van der Waals surface area contributed by atoms with Crippen molar-refractivity contribution in [2.75, 3.05) is 40.9 Å². The number of amides is 1. The predicted molar refractivity (Wildman–Crippen MR) is 258 cm³/mol. The number of allylic oxidation sites excluding steroid dienone is 9. The van der Waals surface area contributed by atoms with E-state index in [1.165, 1.54) is 135 Å². The SMILES string of the molecule is C/C=C/CC/C=C/CC/C=C/C(O)C(COP(=O)(O)OCC[N+](C)(C)C)NC(=O)CCCCCCCCCCCCCCCCCCC/C=C\C/C=C\CCCCCCC. The first-order chi connectivity index (χ1) is 29.0. The van der Waals surface area contributed by atoms with Gasteiger partial charge in [0.05, 0.1) is 39.9 Å². The van der Waals surface area contributed by atoms with E-state index in [1.807, 2.05) is 40.2 Å². The lowest BCUT2D eigenvalue weighted by molar-refractivity contribution is -0.870. The van der Waals surface area contributed by atoms with E-state index in [2.05, 4.69) is 54.8 Å². The van der Waals surface area contributed by atoms with Gasteiger partial charge in [-0.1, -0.05) is 190 Å². The van der Waals surface area contributed by atoms with Gasteiger partial charge in [-0.3, -0.25) is 13.8 Å². The standard InChI is InChI=1S/C51H95N2O6P/c1-6-8-10-12-14-16-17-18-19-20-21-22-23-24-25-26-27-28-29-30-31-32-33-34-35-37-39-41-43-45-51(55)52-49(48-59-60(56,57)58-47-46-53(3,4)5)50(54)44-42-40-38-36-15-13-11-9-7-2/h7,9,15,17-18,20-21,36,42,44,49-50,54H,6,8,10-14,16,19,22-35,37-41,43,45-48H2,1-5H3,(H-,52,55,56,57)/p+1/b9-7+,18-17-,21-20-,36-15+,44-42+. The summed E-state index contributed by atoms with van der Waals surface area (Å²) in [5.74, 6) is -0.195. The van der Waals surface area contributed by atoms with Gasteiger partial charge in [0.2, 0.25) is 5.91 Å². The molecular formula is C51H96N2O6P+. The molecule has 0 heterocycles. The van der Waals surface area contributed by atoms with E-state index in [9.17, 15) is 19.4 Å². The van der Waals surface area contributed by atoms with Crippen LogP contribution < -0.4 is 5.32 Å². The van der Waals surface area contributed by atoms with E-state index in [4.69, 9.17) is 9.05 Å². The van der Waals surface area contributed by atoms with Crippen LogP contribution in [-0.4, -0.2) is 73.4 Å². The van der Waals surface area contributed by atoms with Gasteiger partial charge in [0, 0.05) is 6.42 Å². The molecule has 0 aromatic carbocycles. The Morgan fingerprint density at radius 2 is 1.03 bits per heavy atom. The topological polar surface area (TPSA) is 105 Å². The summed E-state index contributed by atoms with van der Waals surface area (Å²) in [4.78, 5) is 23.1. The quantitative estimate of drug-likeness (QED) is 0.0244. The Morgan fingerprint density at radius 1 is 0.600 bits per heavy atom. The highest BCUT2D eigenvalue weighted by Gasteiger charge is 2.27. The number of aliphatic hydroxyl groups is 1. The molecule has 3 atom stereocenters. The van der Waals surface area contributed by atoms with Gasteiger partial charge in [0.25, 0.3) is 0 Å². The summed E-state index contributed by atoms with van der Waals surface area (Å²) in [7, 11) is 1.54. The minimum absolute atomic E-state index is 0.0520. The molecule has 0 saturated heterocycles. The zero-order valence-corrected chi connectivity index (χ0v) is 40.6. The predicted octanol–water partition coefficient (Wildman–Crippen LogP) is 14.2. The van der Waals surface area contributed by atoms with Crippen molar-refractivity contribution in [3.05, 3.63) is 60.8 Å². The van der Waals surface area contributed by atoms with Gasteiger partial charge >= 0.3 is 7.82 Å². The number of nitrogens with zero attached hydrogens (tertiary/aromatic N) is 1. The van der Waals surface area contributed by atoms with Crippen LogP contribution in [0, 0.1) is 0 Å². The average Bonchev–Trinajstić information content (AvgIpc) is 3.20. The summed E-state index contributed by atoms with van der Waals surface area (Å²) in [6.45, 7) is 4.54. The van der Waals surface area contributed by atoms with Gasteiger partial charge in [-0.2, -0.15) is 0 Å². The highest BCUT2D eigenvalue weighted by Crippen LogP contribution is 2.43. The summed E-state index contributed by atoms with van der Waals surface area (Å²) < 4.78 is 23.5. The van der Waals surface area contributed by atoms with Crippen molar-refractivity contribution in [1.29, 1.82) is 0 Å². The van der Waals surface area contributed by atoms with Crippen LogP contribution in [0.4, 0.5) is 0 Å². The van der Waals surface area contributed by atoms with Crippen molar-refractivity contribution in [1.82, 2.24) is 5.32 Å². The van der Waals surface area contributed by atoms with Gasteiger partial charge in [-0.25, -0.2) is 4.57 Å². The van der Waals surface area contributed by atoms with Gasteiger partial charge < -0.3 is 19.8 Å². The third-order valence-corrected chi connectivity index (χ3v) is 11.8. The maximum Gasteiger partial charge on any atom is 0.472 e. The number of phosphoric ester groups is 1. The first-order valence-corrected chi connectivity index (χ1v) is 26.1. The number of unbranched alkanes of at least 4 members (excludes halogenated alkanes) is 24. The van der Waals surface area contributed by atoms with Crippen molar-refractivity contribution in [2.45, 2.75) is 219 Å². The van der Waals surface area contributed by atoms with Crippen LogP contribution in [0.25, 0.3) is 0 Å². The molecule has 0 radical (unpaired) electrons. The normalized spacial score (nSPS) is 14.7. The Balaban J connectivity index is 4.05. The number of likely N-dealkylation sites (N-methyl/N-ethyl adjacent to an activating group) is 1. The van der Waals surface area contributed by atoms with Crippen LogP contribution in [0.15, 0.2) is 60.8 Å². The van der Waals surface area contributed by atoms with Gasteiger partial charge in [0.15, 0.2) is 0 Å². The molecule has 1 amide bonds. The van der Waals surface area contributed by atoms with Crippen LogP contribution in [0.3, 0.4) is 0 Å². The molecule has 9 heteroatoms. The van der Waals surface area contributed by atoms with E-state index in [0.717, 1.165) is 51.4 Å². The lowest BCUT2D eigenvalue weighted by atomic mass is 10.0. The van der Waals surface area contributed by atoms with Crippen LogP contribution in [-0.2, 0) is 18.4 Å². The molecule has 0 saturated carbocycles. The Hall–Kier alpha value is -1.80. The highest BCUT2D eigenvalue weighted by atomic mass is 31.2. The second-order valence-corrected chi connectivity index (χ2v) is 19.3. The molecule has 3 unspecified atom stereocenters. The van der Waals surface area contributed by atoms with Crippen LogP contribution in [0.1, 0.15) is 206 Å². The average molecular weight is 864 g/mol. The Morgan fingerprint density at radius 3 is 1.52 bits per heavy atom. The summed E-state index contributed by atoms with van der Waals surface area (Å²) in [5.41, 5.74) is 0. The van der Waals surface area contributed by atoms with E-state index in [-0.39, 0.29) is 19.1 Å². The fraction of sp³-hybridized carbons (Fsp3) is 0.784. The number of aliphatic hydroxyl groups excluding tert-OH is 1. The third-order valence-electron chi connectivity index (χ3n) is 10.8. The molecule has 0 aromatic rings. The number of hydrogen-bond acceptors (Lipinski definition) is 5. The second kappa shape index (κ2) is 42.5. The van der Waals surface area contributed by atoms with Gasteiger partial charge in [-0.15, -0.1) is 0 Å². The Kier molecular flexibility index (Phi) is 41.2. The minimum Gasteiger partial charge on any atom is -0.387 e. The summed E-state index contributed by atoms with van der Waals surface area (Å²) in [5, 5.41) is 13.7. The number of nitrogens with one attached hydrogen (secondary N) is 1. The van der Waals surface area contributed by atoms with Crippen molar-refractivity contribution < 1.29 is 32.9 Å². The monoisotopic (exact) mass is 864 g/mol. The molecule has 0 aliphatic rings. The number of rotatable bonds is 44. The van der Waals surface area contributed by atoms with Crippen molar-refractivity contribution in [3.8, 4) is 0 Å². The second-order valence-electron chi connectivity index (χ2n) is 17.8. The number of quaternary nitrogens is 1. The first-order valence-electron chi connectivity index (χ1n) is 24.6. The van der Waals surface area contributed by atoms with E-state index in [1.54, 1.807) is 6.08 Å². The fourth-order valence-corrected chi connectivity index (χ4v) is 7.61. The van der Waals surface area contributed by atoms with Crippen molar-refractivity contribution in [3.63, 3.8) is 0 Å². The smallest absolute Gasteiger partial charge is 0.387 e. The Bertz CT molecular complexity index is 1160. The third kappa shape index (κ3) is 44.3. The molecular weight excluding hydrogens is 768 g/mol. The summed E-state index contributed by atoms with van der Waals surface area (Å²) >= 11 is 0. The summed E-state index contributed by atoms with van der Waals surface area (Å²) in [6.07, 6.45) is 56.3. The van der Waals surface area contributed by atoms with E-state index >= 15 is 0 Å². The van der Waals surface area contributed by atoms with Crippen LogP contribution >= 0.6 is 7.82 Å². The number of carbonyl (C=O) groups excluding carboxylic acids is 1. The molecule has 350 valence electrons. The molecule has 60 heavy (non-hydrogen) atoms. The maximum absolute atomic E-state index is 12.9. The van der Waals surface area contributed by atoms with Gasteiger partial charge in [-0.05, 0) is 71.1 Å². The number of phosphoric acid groups is 1. The molecule has 0 bridgehead atoms. The molecule has 0 aliphatic carbocycles. The van der Waals surface area contributed by atoms with E-state index < -0.39 is 20.0 Å². The summed E-state index contributed by atoms with van der Waals surface area (Å²) in [6, 6.07) is -0.868. The largest absolute Gasteiger partial charge is 0.472 e. The number of carbonyl (C=O) groups is 1. The molecule has 8 nitrogen and oxygen atoms in total. The molecule has 0 spiro atoms. The van der Waals surface area contributed by atoms with Crippen molar-refractivity contribution >= 4 is 13.7 Å². The zero-order chi connectivity index (χ0) is 44.3. The van der Waals surface area contributed by atoms with Crippen LogP contribution in [0.2, 0.25) is 0 Å². The van der Waals surface area contributed by atoms with E-state index in [0.29, 0.717) is 17.4 Å². The lowest BCUT2D eigenvalue weighted by Gasteiger charge is -2.25. The molecule has 0 fully saturated rings. The fourth-order valence-electron chi connectivity index (χ4n) is 6.88. The lowest BCUT2D eigenvalue weighted by Crippen LogP contribution is -2.45. The molecule has 3 N–H and O–H groups in total. The number of hydrogen-bond donors (Lipinski definition) is 3. The minimum atomic E-state index is -4.35. The van der Waals surface area contributed by atoms with Crippen LogP contribution in [0.5, 0.6) is 0 Å². The Labute approximate surface area is 371 Å². The maximum atomic E-state index is 12.9.